The van der Waals surface area contributed by atoms with Gasteiger partial charge in [-0.1, -0.05) is 6.07 Å². The molecule has 1 aliphatic heterocycles. The van der Waals surface area contributed by atoms with E-state index in [-0.39, 0.29) is 0 Å². The molecule has 2 heterocycles. The van der Waals surface area contributed by atoms with Crippen LogP contribution in [-0.4, -0.2) is 62.3 Å². The van der Waals surface area contributed by atoms with Crippen molar-refractivity contribution in [3.8, 4) is 0 Å². The van der Waals surface area contributed by atoms with E-state index in [1.165, 1.54) is 17.6 Å². The fraction of sp³-hybridized carbons (Fsp3) is 0.462. The van der Waals surface area contributed by atoms with Crippen molar-refractivity contribution < 1.29 is 14.3 Å². The van der Waals surface area contributed by atoms with E-state index in [0.717, 1.165) is 18.0 Å². The van der Waals surface area contributed by atoms with Crippen LogP contribution in [0.5, 0.6) is 0 Å². The van der Waals surface area contributed by atoms with Gasteiger partial charge in [-0.25, -0.2) is 5.43 Å². The molecule has 2 amide bonds. The number of nitrogens with zero attached hydrogens (tertiary/aromatic N) is 2. The second-order valence-electron chi connectivity index (χ2n) is 4.42. The van der Waals surface area contributed by atoms with Crippen molar-refractivity contribution in [3.63, 3.8) is 0 Å². The molecule has 2 rings (SSSR count). The van der Waals surface area contributed by atoms with Crippen LogP contribution in [0.3, 0.4) is 0 Å². The van der Waals surface area contributed by atoms with E-state index in [2.05, 4.69) is 20.7 Å². The van der Waals surface area contributed by atoms with Gasteiger partial charge in [0.25, 0.3) is 0 Å². The molecular weight excluding hydrogens is 292 g/mol. The molecule has 1 aliphatic rings. The molecule has 0 radical (unpaired) electrons. The van der Waals surface area contributed by atoms with Gasteiger partial charge in [0.15, 0.2) is 0 Å². The average Bonchev–Trinajstić information content (AvgIpc) is 3.01. The quantitative estimate of drug-likeness (QED) is 0.442. The van der Waals surface area contributed by atoms with Crippen molar-refractivity contribution in [1.82, 2.24) is 15.6 Å². The number of hydrogen-bond acceptors (Lipinski definition) is 6. The molecule has 0 unspecified atom stereocenters. The van der Waals surface area contributed by atoms with Gasteiger partial charge in [-0.3, -0.25) is 14.5 Å². The Morgan fingerprint density at radius 2 is 2.19 bits per heavy atom. The summed E-state index contributed by atoms with van der Waals surface area (Å²) in [5, 5.41) is 8.20. The van der Waals surface area contributed by atoms with Gasteiger partial charge in [0, 0.05) is 31.1 Å². The van der Waals surface area contributed by atoms with Crippen molar-refractivity contribution in [2.24, 2.45) is 5.10 Å². The van der Waals surface area contributed by atoms with Crippen LogP contribution in [0.25, 0.3) is 0 Å². The summed E-state index contributed by atoms with van der Waals surface area (Å²) in [7, 11) is 0. The third-order valence-corrected chi connectivity index (χ3v) is 3.73. The molecular formula is C13H18N4O3S. The summed E-state index contributed by atoms with van der Waals surface area (Å²) in [6.07, 6.45) is 1.50. The second kappa shape index (κ2) is 8.50. The number of hydrogen-bond donors (Lipinski definition) is 2. The molecule has 0 bridgehead atoms. The predicted octanol–water partition coefficient (Wildman–Crippen LogP) is -0.353. The Morgan fingerprint density at radius 3 is 2.90 bits per heavy atom. The molecule has 21 heavy (non-hydrogen) atoms. The minimum absolute atomic E-state index is 0.431. The van der Waals surface area contributed by atoms with E-state index in [1.54, 1.807) is 0 Å². The number of rotatable bonds is 5. The maximum absolute atomic E-state index is 11.5. The fourth-order valence-electron chi connectivity index (χ4n) is 1.80. The van der Waals surface area contributed by atoms with Crippen LogP contribution in [0.1, 0.15) is 4.88 Å². The average molecular weight is 310 g/mol. The minimum atomic E-state index is -0.759. The summed E-state index contributed by atoms with van der Waals surface area (Å²) in [6.45, 7) is 4.28. The van der Waals surface area contributed by atoms with Gasteiger partial charge >= 0.3 is 11.8 Å². The molecule has 114 valence electrons. The zero-order valence-corrected chi connectivity index (χ0v) is 12.4. The lowest BCUT2D eigenvalue weighted by molar-refractivity contribution is -0.139. The Labute approximate surface area is 127 Å². The van der Waals surface area contributed by atoms with Crippen LogP contribution in [0, 0.1) is 0 Å². The highest BCUT2D eigenvalue weighted by atomic mass is 32.1. The summed E-state index contributed by atoms with van der Waals surface area (Å²) in [5.74, 6) is -1.43. The molecule has 7 nitrogen and oxygen atoms in total. The molecule has 2 N–H and O–H groups in total. The minimum Gasteiger partial charge on any atom is -0.379 e. The first-order valence-corrected chi connectivity index (χ1v) is 7.58. The molecule has 0 aliphatic carbocycles. The van der Waals surface area contributed by atoms with Crippen LogP contribution in [0.15, 0.2) is 22.6 Å². The van der Waals surface area contributed by atoms with E-state index in [9.17, 15) is 9.59 Å². The fourth-order valence-corrected chi connectivity index (χ4v) is 2.39. The summed E-state index contributed by atoms with van der Waals surface area (Å²) >= 11 is 1.50. The topological polar surface area (TPSA) is 83.0 Å². The first kappa shape index (κ1) is 15.6. The normalized spacial score (nSPS) is 16.0. The van der Waals surface area contributed by atoms with E-state index in [1.807, 2.05) is 17.5 Å². The van der Waals surface area contributed by atoms with Crippen molar-refractivity contribution in [3.05, 3.63) is 22.4 Å². The smallest absolute Gasteiger partial charge is 0.329 e. The zero-order valence-electron chi connectivity index (χ0n) is 11.6. The standard InChI is InChI=1S/C13H18N4O3S/c18-12(14-3-4-17-5-7-20-8-6-17)13(19)16-15-10-11-2-1-9-21-11/h1-2,9-10H,3-8H2,(H,14,18)(H,16,19)/b15-10+. The van der Waals surface area contributed by atoms with E-state index >= 15 is 0 Å². The number of hydrazone groups is 1. The van der Waals surface area contributed by atoms with Gasteiger partial charge in [-0.2, -0.15) is 5.10 Å². The van der Waals surface area contributed by atoms with Crippen LogP contribution >= 0.6 is 11.3 Å². The highest BCUT2D eigenvalue weighted by Crippen LogP contribution is 2.03. The maximum atomic E-state index is 11.5. The molecule has 0 aromatic carbocycles. The lowest BCUT2D eigenvalue weighted by Gasteiger charge is -2.26. The summed E-state index contributed by atoms with van der Waals surface area (Å²) in [4.78, 5) is 26.1. The lowest BCUT2D eigenvalue weighted by Crippen LogP contribution is -2.44. The summed E-state index contributed by atoms with van der Waals surface area (Å²) < 4.78 is 5.23. The zero-order chi connectivity index (χ0) is 14.9. The van der Waals surface area contributed by atoms with Gasteiger partial charge in [0.1, 0.15) is 0 Å². The Kier molecular flexibility index (Phi) is 6.32. The lowest BCUT2D eigenvalue weighted by atomic mass is 10.4. The molecule has 0 saturated carbocycles. The monoisotopic (exact) mass is 310 g/mol. The number of amides is 2. The number of carbonyl (C=O) groups excluding carboxylic acids is 2. The molecule has 1 saturated heterocycles. The van der Waals surface area contributed by atoms with E-state index in [4.69, 9.17) is 4.74 Å². The van der Waals surface area contributed by atoms with Gasteiger partial charge in [-0.15, -0.1) is 11.3 Å². The molecule has 1 aromatic rings. The molecule has 0 spiro atoms. The number of morpholine rings is 1. The number of thiophene rings is 1. The molecule has 8 heteroatoms. The predicted molar refractivity (Wildman–Crippen MR) is 80.3 cm³/mol. The summed E-state index contributed by atoms with van der Waals surface area (Å²) in [5.41, 5.74) is 2.20. The highest BCUT2D eigenvalue weighted by Gasteiger charge is 2.14. The van der Waals surface area contributed by atoms with Crippen molar-refractivity contribution in [2.75, 3.05) is 39.4 Å². The number of carbonyl (C=O) groups is 2. The van der Waals surface area contributed by atoms with Gasteiger partial charge in [0.05, 0.1) is 19.4 Å². The summed E-state index contributed by atoms with van der Waals surface area (Å²) in [6, 6.07) is 3.74. The molecule has 0 atom stereocenters. The third-order valence-electron chi connectivity index (χ3n) is 2.92. The Bertz CT molecular complexity index is 484. The second-order valence-corrected chi connectivity index (χ2v) is 5.40. The van der Waals surface area contributed by atoms with Crippen molar-refractivity contribution >= 4 is 29.4 Å². The van der Waals surface area contributed by atoms with E-state index in [0.29, 0.717) is 26.3 Å². The maximum Gasteiger partial charge on any atom is 0.329 e. The first-order chi connectivity index (χ1) is 10.3. The number of ether oxygens (including phenoxy) is 1. The van der Waals surface area contributed by atoms with Gasteiger partial charge in [-0.05, 0) is 11.4 Å². The molecule has 1 fully saturated rings. The van der Waals surface area contributed by atoms with E-state index < -0.39 is 11.8 Å². The van der Waals surface area contributed by atoms with Crippen molar-refractivity contribution in [2.45, 2.75) is 0 Å². The van der Waals surface area contributed by atoms with Gasteiger partial charge < -0.3 is 10.1 Å². The molecule has 1 aromatic heterocycles. The SMILES string of the molecule is O=C(NCCN1CCOCC1)C(=O)N/N=C/c1cccs1. The Morgan fingerprint density at radius 1 is 1.38 bits per heavy atom. The largest absolute Gasteiger partial charge is 0.379 e. The van der Waals surface area contributed by atoms with Gasteiger partial charge in [0.2, 0.25) is 0 Å². The number of nitrogens with one attached hydrogen (secondary N) is 2. The van der Waals surface area contributed by atoms with Crippen LogP contribution < -0.4 is 10.7 Å². The first-order valence-electron chi connectivity index (χ1n) is 6.70. The van der Waals surface area contributed by atoms with Crippen molar-refractivity contribution in [1.29, 1.82) is 0 Å². The van der Waals surface area contributed by atoms with Crippen LogP contribution in [0.4, 0.5) is 0 Å². The third kappa shape index (κ3) is 5.62. The highest BCUT2D eigenvalue weighted by molar-refractivity contribution is 7.11. The van der Waals surface area contributed by atoms with Crippen LogP contribution in [-0.2, 0) is 14.3 Å². The Hall–Kier alpha value is -1.77. The Balaban J connectivity index is 1.62. The van der Waals surface area contributed by atoms with Crippen LogP contribution in [0.2, 0.25) is 0 Å².